The van der Waals surface area contributed by atoms with Gasteiger partial charge >= 0.3 is 0 Å². The van der Waals surface area contributed by atoms with E-state index in [0.717, 1.165) is 33.5 Å². The fraction of sp³-hybridized carbons (Fsp3) is 0.0357. The fourth-order valence-electron chi connectivity index (χ4n) is 9.35. The van der Waals surface area contributed by atoms with Crippen LogP contribution in [0, 0.1) is 0 Å². The number of nitrogens with zero attached hydrogens (tertiary/aromatic N) is 2. The van der Waals surface area contributed by atoms with Crippen molar-refractivity contribution in [2.24, 2.45) is 0 Å². The molecule has 58 heavy (non-hydrogen) atoms. The smallest absolute Gasteiger partial charge is 0.160 e. The molecule has 0 saturated carbocycles. The van der Waals surface area contributed by atoms with Crippen LogP contribution in [0.1, 0.15) is 23.6 Å². The summed E-state index contributed by atoms with van der Waals surface area (Å²) < 4.78 is 0. The van der Waals surface area contributed by atoms with Crippen LogP contribution in [-0.4, -0.2) is 9.97 Å². The molecule has 1 unspecified atom stereocenters. The Hall–Kier alpha value is -7.42. The van der Waals surface area contributed by atoms with Crippen molar-refractivity contribution in [3.8, 4) is 67.3 Å². The van der Waals surface area contributed by atoms with Gasteiger partial charge in [0, 0.05) is 22.1 Å². The summed E-state index contributed by atoms with van der Waals surface area (Å²) >= 11 is 0. The lowest BCUT2D eigenvalue weighted by atomic mass is 9.73. The fourth-order valence-corrected chi connectivity index (χ4v) is 9.35. The number of rotatable bonds is 6. The Balaban J connectivity index is 1.10. The molecule has 0 bridgehead atoms. The monoisotopic (exact) mass is 738 g/mol. The molecular formula is C56H38N2. The van der Waals surface area contributed by atoms with Gasteiger partial charge in [0.15, 0.2) is 5.82 Å². The highest BCUT2D eigenvalue weighted by molar-refractivity contribution is 6.06. The van der Waals surface area contributed by atoms with Gasteiger partial charge in [0.25, 0.3) is 0 Å². The van der Waals surface area contributed by atoms with E-state index in [1.165, 1.54) is 66.2 Å². The van der Waals surface area contributed by atoms with Crippen LogP contribution >= 0.6 is 0 Å². The van der Waals surface area contributed by atoms with Crippen LogP contribution in [0.2, 0.25) is 0 Å². The topological polar surface area (TPSA) is 25.8 Å². The Kier molecular flexibility index (Phi) is 7.97. The van der Waals surface area contributed by atoms with Crippen molar-refractivity contribution in [2.75, 3.05) is 0 Å². The molecule has 1 aromatic heterocycles. The zero-order valence-electron chi connectivity index (χ0n) is 32.1. The van der Waals surface area contributed by atoms with Crippen molar-refractivity contribution >= 4 is 21.5 Å². The first-order chi connectivity index (χ1) is 28.6. The summed E-state index contributed by atoms with van der Waals surface area (Å²) in [7, 11) is 0. The Bertz CT molecular complexity index is 3160. The average molecular weight is 739 g/mol. The van der Waals surface area contributed by atoms with Gasteiger partial charge in [0.1, 0.15) is 0 Å². The van der Waals surface area contributed by atoms with Crippen molar-refractivity contribution in [1.82, 2.24) is 9.97 Å². The van der Waals surface area contributed by atoms with E-state index >= 15 is 0 Å². The third-order valence-corrected chi connectivity index (χ3v) is 12.2. The number of hydrogen-bond donors (Lipinski definition) is 0. The van der Waals surface area contributed by atoms with Gasteiger partial charge in [0.05, 0.1) is 11.4 Å². The van der Waals surface area contributed by atoms with E-state index in [-0.39, 0.29) is 5.41 Å². The lowest BCUT2D eigenvalue weighted by Gasteiger charge is -2.29. The zero-order chi connectivity index (χ0) is 38.6. The van der Waals surface area contributed by atoms with E-state index in [2.05, 4.69) is 201 Å². The highest BCUT2D eigenvalue weighted by Crippen LogP contribution is 2.56. The molecule has 2 heteroatoms. The minimum absolute atomic E-state index is 0.338. The number of aromatic nitrogens is 2. The highest BCUT2D eigenvalue weighted by atomic mass is 14.9. The van der Waals surface area contributed by atoms with Crippen molar-refractivity contribution in [3.05, 3.63) is 229 Å². The Morgan fingerprint density at radius 1 is 0.345 bits per heavy atom. The minimum atomic E-state index is -0.338. The van der Waals surface area contributed by atoms with Crippen LogP contribution in [0.4, 0.5) is 0 Å². The van der Waals surface area contributed by atoms with E-state index in [1.54, 1.807) is 0 Å². The maximum atomic E-state index is 5.28. The summed E-state index contributed by atoms with van der Waals surface area (Å²) in [4.78, 5) is 10.5. The molecule has 0 aliphatic heterocycles. The Morgan fingerprint density at radius 2 is 0.879 bits per heavy atom. The molecule has 0 fully saturated rings. The third kappa shape index (κ3) is 5.41. The van der Waals surface area contributed by atoms with Gasteiger partial charge < -0.3 is 0 Å². The Morgan fingerprint density at radius 3 is 1.62 bits per heavy atom. The van der Waals surface area contributed by atoms with Gasteiger partial charge in [-0.3, -0.25) is 0 Å². The summed E-state index contributed by atoms with van der Waals surface area (Å²) in [5.74, 6) is 0.711. The summed E-state index contributed by atoms with van der Waals surface area (Å²) in [5, 5.41) is 4.70. The SMILES string of the molecule is CC1(c2ccccc2)c2cc(-c3ccc(-c4cc(-c5cccc6ccccc56)nc(-c5ccccc5)n4)c4ccccc34)ccc2-c2c(-c3ccccc3)cccc21. The zero-order valence-corrected chi connectivity index (χ0v) is 32.1. The predicted molar refractivity (Wildman–Crippen MR) is 242 cm³/mol. The molecule has 1 aliphatic rings. The van der Waals surface area contributed by atoms with E-state index in [0.29, 0.717) is 5.82 Å². The van der Waals surface area contributed by atoms with Crippen LogP contribution in [0.3, 0.4) is 0 Å². The van der Waals surface area contributed by atoms with Crippen molar-refractivity contribution in [3.63, 3.8) is 0 Å². The number of fused-ring (bicyclic) bond motifs is 5. The lowest BCUT2D eigenvalue weighted by Crippen LogP contribution is -2.22. The van der Waals surface area contributed by atoms with Gasteiger partial charge in [-0.15, -0.1) is 0 Å². The second-order valence-corrected chi connectivity index (χ2v) is 15.4. The van der Waals surface area contributed by atoms with E-state index < -0.39 is 0 Å². The number of benzene rings is 9. The molecule has 0 N–H and O–H groups in total. The maximum Gasteiger partial charge on any atom is 0.160 e. The molecule has 2 nitrogen and oxygen atoms in total. The van der Waals surface area contributed by atoms with Crippen LogP contribution < -0.4 is 0 Å². The molecule has 1 atom stereocenters. The van der Waals surface area contributed by atoms with Gasteiger partial charge in [-0.25, -0.2) is 9.97 Å². The van der Waals surface area contributed by atoms with Gasteiger partial charge in [-0.2, -0.15) is 0 Å². The molecule has 0 amide bonds. The van der Waals surface area contributed by atoms with Crippen LogP contribution in [0.5, 0.6) is 0 Å². The molecule has 272 valence electrons. The summed E-state index contributed by atoms with van der Waals surface area (Å²) in [6.45, 7) is 2.40. The molecular weight excluding hydrogens is 701 g/mol. The Labute approximate surface area is 338 Å². The maximum absolute atomic E-state index is 5.28. The normalized spacial score (nSPS) is 14.4. The van der Waals surface area contributed by atoms with Gasteiger partial charge in [0.2, 0.25) is 0 Å². The summed E-state index contributed by atoms with van der Waals surface area (Å²) in [6.07, 6.45) is 0. The molecule has 10 aromatic rings. The molecule has 9 aromatic carbocycles. The standard InChI is InChI=1S/C56H38N2/c1-56(41-23-9-4-10-24-41)50-30-16-28-44(38-17-5-2-6-18-38)54(50)49-32-31-40(35-51(49)56)43-33-34-48(46-27-14-13-26-45(43)46)53-36-52(57-55(58-53)39-20-7-3-8-21-39)47-29-15-22-37-19-11-12-25-42(37)47/h2-36H,1H3. The second-order valence-electron chi connectivity index (χ2n) is 15.4. The first-order valence-corrected chi connectivity index (χ1v) is 20.0. The molecule has 0 radical (unpaired) electrons. The third-order valence-electron chi connectivity index (χ3n) is 12.2. The highest BCUT2D eigenvalue weighted by Gasteiger charge is 2.42. The van der Waals surface area contributed by atoms with Gasteiger partial charge in [-0.1, -0.05) is 200 Å². The van der Waals surface area contributed by atoms with Gasteiger partial charge in [-0.05, 0) is 90.7 Å². The lowest BCUT2D eigenvalue weighted by molar-refractivity contribution is 0.714. The summed E-state index contributed by atoms with van der Waals surface area (Å²) in [6, 6.07) is 76.5. The van der Waals surface area contributed by atoms with Crippen molar-refractivity contribution < 1.29 is 0 Å². The minimum Gasteiger partial charge on any atom is -0.228 e. The molecule has 1 aliphatic carbocycles. The molecule has 1 heterocycles. The first kappa shape index (κ1) is 33.9. The largest absolute Gasteiger partial charge is 0.228 e. The average Bonchev–Trinajstić information content (AvgIpc) is 3.57. The molecule has 0 saturated heterocycles. The van der Waals surface area contributed by atoms with E-state index in [9.17, 15) is 0 Å². The van der Waals surface area contributed by atoms with E-state index in [4.69, 9.17) is 9.97 Å². The molecule has 0 spiro atoms. The first-order valence-electron chi connectivity index (χ1n) is 20.0. The predicted octanol–water partition coefficient (Wildman–Crippen LogP) is 14.5. The summed E-state index contributed by atoms with van der Waals surface area (Å²) in [5.41, 5.74) is 16.1. The van der Waals surface area contributed by atoms with Crippen LogP contribution in [0.15, 0.2) is 212 Å². The second kappa shape index (κ2) is 13.7. The van der Waals surface area contributed by atoms with Crippen molar-refractivity contribution in [2.45, 2.75) is 12.3 Å². The molecule has 11 rings (SSSR count). The quantitative estimate of drug-likeness (QED) is 0.170. The van der Waals surface area contributed by atoms with E-state index in [1.807, 2.05) is 18.2 Å². The van der Waals surface area contributed by atoms with Crippen LogP contribution in [-0.2, 0) is 5.41 Å². The van der Waals surface area contributed by atoms with Crippen molar-refractivity contribution in [1.29, 1.82) is 0 Å². The van der Waals surface area contributed by atoms with Crippen LogP contribution in [0.25, 0.3) is 88.8 Å². The number of hydrogen-bond acceptors (Lipinski definition) is 2.